The summed E-state index contributed by atoms with van der Waals surface area (Å²) in [6.07, 6.45) is 2.10. The molecule has 1 N–H and O–H groups in total. The van der Waals surface area contributed by atoms with Gasteiger partial charge in [-0.05, 0) is 43.7 Å². The van der Waals surface area contributed by atoms with E-state index in [0.717, 1.165) is 44.1 Å². The second kappa shape index (κ2) is 8.33. The van der Waals surface area contributed by atoms with E-state index in [2.05, 4.69) is 42.5 Å². The second-order valence-electron chi connectivity index (χ2n) is 6.37. The van der Waals surface area contributed by atoms with Crippen molar-refractivity contribution in [1.29, 1.82) is 0 Å². The molecule has 0 bridgehead atoms. The zero-order chi connectivity index (χ0) is 17.0. The molecule has 1 aliphatic heterocycles. The number of H-pyrrole nitrogens is 1. The molecule has 130 valence electrons. The summed E-state index contributed by atoms with van der Waals surface area (Å²) in [4.78, 5) is 15.0. The monoisotopic (exact) mass is 356 g/mol. The number of piperidine rings is 1. The van der Waals surface area contributed by atoms with E-state index in [0.29, 0.717) is 10.7 Å². The van der Waals surface area contributed by atoms with Crippen LogP contribution in [0.4, 0.5) is 0 Å². The minimum atomic E-state index is 0.0609. The van der Waals surface area contributed by atoms with Crippen molar-refractivity contribution in [1.82, 2.24) is 19.7 Å². The summed E-state index contributed by atoms with van der Waals surface area (Å²) in [6, 6.07) is 0. The second-order valence-corrected chi connectivity index (χ2v) is 8.18. The molecule has 5 nitrogen and oxygen atoms in total. The van der Waals surface area contributed by atoms with Gasteiger partial charge in [0.15, 0.2) is 4.77 Å². The lowest BCUT2D eigenvalue weighted by Crippen LogP contribution is -2.45. The van der Waals surface area contributed by atoms with Crippen LogP contribution in [0.2, 0.25) is 0 Å². The molecule has 0 radical (unpaired) electrons. The van der Waals surface area contributed by atoms with Gasteiger partial charge in [0.1, 0.15) is 5.82 Å². The molecule has 0 aliphatic carbocycles. The van der Waals surface area contributed by atoms with Crippen molar-refractivity contribution < 1.29 is 4.79 Å². The summed E-state index contributed by atoms with van der Waals surface area (Å²) in [7, 11) is 0. The Labute approximate surface area is 148 Å². The van der Waals surface area contributed by atoms with Crippen LogP contribution < -0.4 is 0 Å². The Hall–Kier alpha value is -0.820. The van der Waals surface area contributed by atoms with Gasteiger partial charge in [0.2, 0.25) is 5.91 Å². The molecule has 1 amide bonds. The first kappa shape index (κ1) is 18.5. The number of nitrogens with one attached hydrogen (secondary N) is 1. The molecular formula is C16H28N4OS2. The van der Waals surface area contributed by atoms with Crippen molar-refractivity contribution in [3.63, 3.8) is 0 Å². The van der Waals surface area contributed by atoms with Crippen LogP contribution in [-0.2, 0) is 11.3 Å². The number of aromatic nitrogens is 3. The molecule has 1 saturated heterocycles. The number of aromatic amines is 1. The normalized spacial score (nSPS) is 20.0. The standard InChI is InChI=1S/C16H28N4OS2/c1-5-20-14(17-18-16(20)22)12-8-7-9-19(10-12)15(21)13(11(3)4)23-6-2/h11-13H,5-10H2,1-4H3,(H,18,22). The number of carbonyl (C=O) groups excluding carboxylic acids is 1. The highest BCUT2D eigenvalue weighted by molar-refractivity contribution is 8.00. The molecule has 23 heavy (non-hydrogen) atoms. The maximum absolute atomic E-state index is 12.9. The Balaban J connectivity index is 2.14. The van der Waals surface area contributed by atoms with Gasteiger partial charge in [-0.25, -0.2) is 0 Å². The number of hydrogen-bond donors (Lipinski definition) is 1. The molecule has 1 fully saturated rings. The van der Waals surface area contributed by atoms with Crippen molar-refractivity contribution >= 4 is 29.9 Å². The Morgan fingerprint density at radius 1 is 1.48 bits per heavy atom. The zero-order valence-electron chi connectivity index (χ0n) is 14.5. The van der Waals surface area contributed by atoms with Gasteiger partial charge in [-0.1, -0.05) is 20.8 Å². The van der Waals surface area contributed by atoms with Crippen LogP contribution >= 0.6 is 24.0 Å². The third kappa shape index (κ3) is 4.18. The summed E-state index contributed by atoms with van der Waals surface area (Å²) in [6.45, 7) is 10.9. The van der Waals surface area contributed by atoms with Gasteiger partial charge in [0, 0.05) is 25.6 Å². The van der Waals surface area contributed by atoms with Crippen molar-refractivity contribution in [2.45, 2.75) is 58.2 Å². The van der Waals surface area contributed by atoms with E-state index in [1.807, 2.05) is 4.90 Å². The number of hydrogen-bond acceptors (Lipinski definition) is 4. The van der Waals surface area contributed by atoms with E-state index in [1.54, 1.807) is 11.8 Å². The predicted octanol–water partition coefficient (Wildman–Crippen LogP) is 3.44. The lowest BCUT2D eigenvalue weighted by Gasteiger charge is -2.35. The molecule has 2 rings (SSSR count). The molecule has 0 aromatic carbocycles. The van der Waals surface area contributed by atoms with Gasteiger partial charge in [-0.2, -0.15) is 5.10 Å². The van der Waals surface area contributed by atoms with E-state index in [9.17, 15) is 4.79 Å². The molecule has 0 spiro atoms. The summed E-state index contributed by atoms with van der Waals surface area (Å²) in [5.41, 5.74) is 0. The van der Waals surface area contributed by atoms with Crippen molar-refractivity contribution in [2.24, 2.45) is 5.92 Å². The summed E-state index contributed by atoms with van der Waals surface area (Å²) < 4.78 is 2.72. The zero-order valence-corrected chi connectivity index (χ0v) is 16.2. The average molecular weight is 357 g/mol. The Morgan fingerprint density at radius 2 is 2.22 bits per heavy atom. The number of amides is 1. The highest BCUT2D eigenvalue weighted by atomic mass is 32.2. The van der Waals surface area contributed by atoms with E-state index in [-0.39, 0.29) is 17.1 Å². The molecule has 1 aliphatic rings. The molecule has 0 saturated carbocycles. The number of rotatable bonds is 6. The topological polar surface area (TPSA) is 53.9 Å². The lowest BCUT2D eigenvalue weighted by atomic mass is 9.96. The van der Waals surface area contributed by atoms with Crippen LogP contribution in [0, 0.1) is 10.7 Å². The van der Waals surface area contributed by atoms with E-state index in [1.165, 1.54) is 0 Å². The maximum atomic E-state index is 12.9. The highest BCUT2D eigenvalue weighted by Gasteiger charge is 2.32. The quantitative estimate of drug-likeness (QED) is 0.793. The van der Waals surface area contributed by atoms with Gasteiger partial charge in [-0.15, -0.1) is 11.8 Å². The smallest absolute Gasteiger partial charge is 0.235 e. The van der Waals surface area contributed by atoms with Crippen LogP contribution in [-0.4, -0.2) is 49.7 Å². The Kier molecular flexibility index (Phi) is 6.71. The number of thioether (sulfide) groups is 1. The summed E-state index contributed by atoms with van der Waals surface area (Å²) >= 11 is 7.05. The maximum Gasteiger partial charge on any atom is 0.235 e. The van der Waals surface area contributed by atoms with Gasteiger partial charge in [0.05, 0.1) is 5.25 Å². The van der Waals surface area contributed by atoms with Crippen LogP contribution in [0.1, 0.15) is 52.3 Å². The van der Waals surface area contributed by atoms with E-state index >= 15 is 0 Å². The van der Waals surface area contributed by atoms with Gasteiger partial charge < -0.3 is 9.47 Å². The fraction of sp³-hybridized carbons (Fsp3) is 0.812. The van der Waals surface area contributed by atoms with Crippen LogP contribution in [0.25, 0.3) is 0 Å². The van der Waals surface area contributed by atoms with Crippen molar-refractivity contribution in [2.75, 3.05) is 18.8 Å². The molecule has 2 atom stereocenters. The van der Waals surface area contributed by atoms with Gasteiger partial charge in [-0.3, -0.25) is 9.89 Å². The first-order valence-electron chi connectivity index (χ1n) is 8.55. The Morgan fingerprint density at radius 3 is 2.83 bits per heavy atom. The summed E-state index contributed by atoms with van der Waals surface area (Å²) in [5.74, 6) is 2.89. The SMILES string of the molecule is CCSC(C(=O)N1CCCC(c2n[nH]c(=S)n2CC)C1)C(C)C. The predicted molar refractivity (Wildman–Crippen MR) is 98.4 cm³/mol. The van der Waals surface area contributed by atoms with Gasteiger partial charge in [0.25, 0.3) is 0 Å². The fourth-order valence-corrected chi connectivity index (χ4v) is 4.55. The van der Waals surface area contributed by atoms with Crippen molar-refractivity contribution in [3.05, 3.63) is 10.6 Å². The summed E-state index contributed by atoms with van der Waals surface area (Å²) in [5, 5.41) is 7.38. The third-order valence-electron chi connectivity index (χ3n) is 4.40. The lowest BCUT2D eigenvalue weighted by molar-refractivity contribution is -0.132. The van der Waals surface area contributed by atoms with Crippen LogP contribution in [0.15, 0.2) is 0 Å². The molecule has 2 heterocycles. The van der Waals surface area contributed by atoms with Crippen molar-refractivity contribution in [3.8, 4) is 0 Å². The van der Waals surface area contributed by atoms with E-state index < -0.39 is 0 Å². The largest absolute Gasteiger partial charge is 0.341 e. The van der Waals surface area contributed by atoms with Crippen LogP contribution in [0.5, 0.6) is 0 Å². The molecular weight excluding hydrogens is 328 g/mol. The fourth-order valence-electron chi connectivity index (χ4n) is 3.24. The van der Waals surface area contributed by atoms with Crippen LogP contribution in [0.3, 0.4) is 0 Å². The molecule has 1 aromatic heterocycles. The Bertz CT molecular complexity index is 581. The molecule has 1 aromatic rings. The minimum absolute atomic E-state index is 0.0609. The number of carbonyl (C=O) groups is 1. The third-order valence-corrected chi connectivity index (χ3v) is 6.15. The van der Waals surface area contributed by atoms with Gasteiger partial charge >= 0.3 is 0 Å². The highest BCUT2D eigenvalue weighted by Crippen LogP contribution is 2.29. The number of nitrogens with zero attached hydrogens (tertiary/aromatic N) is 3. The first-order valence-corrected chi connectivity index (χ1v) is 10.0. The average Bonchev–Trinajstić information content (AvgIpc) is 2.92. The first-order chi connectivity index (χ1) is 11.0. The molecule has 2 unspecified atom stereocenters. The number of likely N-dealkylation sites (tertiary alicyclic amines) is 1. The van der Waals surface area contributed by atoms with E-state index in [4.69, 9.17) is 12.2 Å². The molecule has 7 heteroatoms. The minimum Gasteiger partial charge on any atom is -0.341 e.